The second kappa shape index (κ2) is 11.5. The van der Waals surface area contributed by atoms with E-state index < -0.39 is 36.4 Å². The third-order valence-corrected chi connectivity index (χ3v) is 4.56. The number of aliphatic hydroxyl groups is 2. The van der Waals surface area contributed by atoms with Crippen molar-refractivity contribution in [1.29, 1.82) is 0 Å². The van der Waals surface area contributed by atoms with Gasteiger partial charge in [0.15, 0.2) is 5.60 Å². The molecule has 0 saturated carbocycles. The molecule has 0 aromatic carbocycles. The average molecular weight is 427 g/mol. The Kier molecular flexibility index (Phi) is 9.76. The van der Waals surface area contributed by atoms with Gasteiger partial charge in [-0.3, -0.25) is 14.5 Å². The van der Waals surface area contributed by atoms with E-state index in [4.69, 9.17) is 25.5 Å². The van der Waals surface area contributed by atoms with E-state index in [1.54, 1.807) is 0 Å². The van der Waals surface area contributed by atoms with Crippen LogP contribution in [0.25, 0.3) is 0 Å². The fraction of sp³-hybridized carbons (Fsp3) is 0.632. The van der Waals surface area contributed by atoms with Gasteiger partial charge in [0.25, 0.3) is 0 Å². The fourth-order valence-corrected chi connectivity index (χ4v) is 2.92. The summed E-state index contributed by atoms with van der Waals surface area (Å²) in [5.74, 6) is -3.28. The molecule has 2 heterocycles. The largest absolute Gasteiger partial charge is 0.481 e. The van der Waals surface area contributed by atoms with Gasteiger partial charge in [0, 0.05) is 43.6 Å². The number of rotatable bonds is 9. The molecule has 1 fully saturated rings. The minimum Gasteiger partial charge on any atom is -0.481 e. The lowest BCUT2D eigenvalue weighted by atomic mass is 9.96. The Morgan fingerprint density at radius 2 is 1.67 bits per heavy atom. The maximum atomic E-state index is 10.3. The molecule has 1 unspecified atom stereocenters. The van der Waals surface area contributed by atoms with Crippen LogP contribution in [0.3, 0.4) is 0 Å². The summed E-state index contributed by atoms with van der Waals surface area (Å²) in [4.78, 5) is 41.6. The highest BCUT2D eigenvalue weighted by atomic mass is 16.4. The maximum absolute atomic E-state index is 10.3. The van der Waals surface area contributed by atoms with E-state index in [0.29, 0.717) is 18.4 Å². The normalized spacial score (nSPS) is 16.8. The minimum atomic E-state index is -2.74. The average Bonchev–Trinajstić information content (AvgIpc) is 3.09. The number of likely N-dealkylation sites (tertiary alicyclic amines) is 1. The second-order valence-electron chi connectivity index (χ2n) is 7.65. The van der Waals surface area contributed by atoms with Crippen molar-refractivity contribution < 1.29 is 39.9 Å². The molecule has 1 aliphatic heterocycles. The van der Waals surface area contributed by atoms with Gasteiger partial charge < -0.3 is 25.5 Å². The quantitative estimate of drug-likeness (QED) is 0.362. The summed E-state index contributed by atoms with van der Waals surface area (Å²) in [6.45, 7) is 7.45. The van der Waals surface area contributed by atoms with E-state index in [-0.39, 0.29) is 0 Å². The molecule has 0 aliphatic carbocycles. The Hall–Kier alpha value is -2.63. The third-order valence-electron chi connectivity index (χ3n) is 4.56. The summed E-state index contributed by atoms with van der Waals surface area (Å²) in [5.41, 5.74) is -1.58. The van der Waals surface area contributed by atoms with Crippen LogP contribution in [0, 0.1) is 5.92 Å². The first kappa shape index (κ1) is 25.4. The number of carbonyl (C=O) groups is 3. The molecule has 5 N–H and O–H groups in total. The predicted molar refractivity (Wildman–Crippen MR) is 104 cm³/mol. The van der Waals surface area contributed by atoms with Gasteiger partial charge in [0.2, 0.25) is 0 Å². The molecule has 168 valence electrons. The van der Waals surface area contributed by atoms with Crippen molar-refractivity contribution in [3.8, 4) is 0 Å². The highest BCUT2D eigenvalue weighted by molar-refractivity contribution is 5.88. The van der Waals surface area contributed by atoms with Crippen LogP contribution in [0.15, 0.2) is 12.4 Å². The van der Waals surface area contributed by atoms with Crippen molar-refractivity contribution in [2.75, 3.05) is 19.7 Å². The molecule has 11 nitrogen and oxygen atoms in total. The van der Waals surface area contributed by atoms with Crippen molar-refractivity contribution in [3.63, 3.8) is 0 Å². The van der Waals surface area contributed by atoms with E-state index in [9.17, 15) is 14.4 Å². The van der Waals surface area contributed by atoms with E-state index in [0.717, 1.165) is 37.4 Å². The molecule has 2 rings (SSSR count). The van der Waals surface area contributed by atoms with Gasteiger partial charge >= 0.3 is 17.9 Å². The smallest absolute Gasteiger partial charge is 0.336 e. The molecule has 0 amide bonds. The minimum absolute atomic E-state index is 0.305. The number of carboxylic acids is 3. The Labute approximate surface area is 174 Å². The molecule has 0 bridgehead atoms. The van der Waals surface area contributed by atoms with Crippen LogP contribution in [-0.4, -0.2) is 83.6 Å². The van der Waals surface area contributed by atoms with Crippen LogP contribution < -0.4 is 0 Å². The van der Waals surface area contributed by atoms with E-state index >= 15 is 0 Å². The van der Waals surface area contributed by atoms with Gasteiger partial charge in [-0.25, -0.2) is 14.8 Å². The van der Waals surface area contributed by atoms with E-state index in [1.165, 1.54) is 0 Å². The van der Waals surface area contributed by atoms with Crippen LogP contribution in [-0.2, 0) is 20.9 Å². The Morgan fingerprint density at radius 1 is 1.13 bits per heavy atom. The topological polar surface area (TPSA) is 181 Å². The molecule has 0 spiro atoms. The Bertz CT molecular complexity index is 707. The standard InChI is InChI=1S/C13H21N3O.C6H8O7/c1-10(2)13-14-5-12(6-15-13)8-16-4-3-11(7-16)9-17;7-3(8)1-6(13,5(11)12)2-4(9)10/h5-6,10-11,17H,3-4,7-9H2,1-2H3;13H,1-2H2,(H,7,8)(H,9,10)(H,11,12). The molecule has 1 saturated heterocycles. The first-order valence-corrected chi connectivity index (χ1v) is 9.50. The van der Waals surface area contributed by atoms with Crippen LogP contribution in [0.1, 0.15) is 50.4 Å². The van der Waals surface area contributed by atoms with E-state index in [1.807, 2.05) is 12.4 Å². The van der Waals surface area contributed by atoms with Crippen LogP contribution in [0.5, 0.6) is 0 Å². The first-order valence-electron chi connectivity index (χ1n) is 9.50. The van der Waals surface area contributed by atoms with Crippen LogP contribution in [0.4, 0.5) is 0 Å². The van der Waals surface area contributed by atoms with Crippen molar-refractivity contribution in [2.24, 2.45) is 5.92 Å². The summed E-state index contributed by atoms with van der Waals surface area (Å²) < 4.78 is 0. The summed E-state index contributed by atoms with van der Waals surface area (Å²) in [6.07, 6.45) is 2.66. The lowest BCUT2D eigenvalue weighted by Gasteiger charge is -2.18. The van der Waals surface area contributed by atoms with Gasteiger partial charge in [-0.05, 0) is 18.9 Å². The van der Waals surface area contributed by atoms with Gasteiger partial charge in [0.05, 0.1) is 12.8 Å². The molecule has 1 aromatic heterocycles. The van der Waals surface area contributed by atoms with Crippen molar-refractivity contribution in [1.82, 2.24) is 14.9 Å². The Balaban J connectivity index is 0.000000314. The van der Waals surface area contributed by atoms with Crippen LogP contribution in [0.2, 0.25) is 0 Å². The molecule has 1 aliphatic rings. The number of hydrogen-bond acceptors (Lipinski definition) is 8. The summed E-state index contributed by atoms with van der Waals surface area (Å²) in [7, 11) is 0. The predicted octanol–water partition coefficient (Wildman–Crippen LogP) is 0.166. The summed E-state index contributed by atoms with van der Waals surface area (Å²) in [5, 5.41) is 42.9. The number of nitrogens with zero attached hydrogens (tertiary/aromatic N) is 3. The SMILES string of the molecule is CC(C)c1ncc(CN2CCC(CO)C2)cn1.O=C(O)CC(O)(CC(=O)O)C(=O)O. The number of aliphatic hydroxyl groups excluding tert-OH is 1. The zero-order valence-corrected chi connectivity index (χ0v) is 17.1. The monoisotopic (exact) mass is 427 g/mol. The molecular formula is C19H29N3O8. The Morgan fingerprint density at radius 3 is 2.03 bits per heavy atom. The van der Waals surface area contributed by atoms with E-state index in [2.05, 4.69) is 28.7 Å². The highest BCUT2D eigenvalue weighted by Crippen LogP contribution is 2.18. The highest BCUT2D eigenvalue weighted by Gasteiger charge is 2.40. The van der Waals surface area contributed by atoms with Gasteiger partial charge in [-0.2, -0.15) is 0 Å². The number of aliphatic carboxylic acids is 3. The summed E-state index contributed by atoms with van der Waals surface area (Å²) in [6, 6.07) is 0. The molecule has 0 radical (unpaired) electrons. The van der Waals surface area contributed by atoms with Crippen molar-refractivity contribution in [3.05, 3.63) is 23.8 Å². The second-order valence-corrected chi connectivity index (χ2v) is 7.65. The number of aromatic nitrogens is 2. The first-order chi connectivity index (χ1) is 14.0. The zero-order valence-electron chi connectivity index (χ0n) is 17.1. The molecule has 1 atom stereocenters. The van der Waals surface area contributed by atoms with Crippen molar-refractivity contribution >= 4 is 17.9 Å². The molecular weight excluding hydrogens is 398 g/mol. The fourth-order valence-electron chi connectivity index (χ4n) is 2.92. The maximum Gasteiger partial charge on any atom is 0.336 e. The number of hydrogen-bond donors (Lipinski definition) is 5. The van der Waals surface area contributed by atoms with Crippen molar-refractivity contribution in [2.45, 2.75) is 51.2 Å². The van der Waals surface area contributed by atoms with Gasteiger partial charge in [-0.1, -0.05) is 13.8 Å². The number of carboxylic acid groups (broad SMARTS) is 3. The lowest BCUT2D eigenvalue weighted by molar-refractivity contribution is -0.170. The zero-order chi connectivity index (χ0) is 22.9. The van der Waals surface area contributed by atoms with Gasteiger partial charge in [0.1, 0.15) is 5.82 Å². The summed E-state index contributed by atoms with van der Waals surface area (Å²) >= 11 is 0. The molecule has 1 aromatic rings. The van der Waals surface area contributed by atoms with Crippen LogP contribution >= 0.6 is 0 Å². The third kappa shape index (κ3) is 8.39. The molecule has 11 heteroatoms. The van der Waals surface area contributed by atoms with Gasteiger partial charge in [-0.15, -0.1) is 0 Å². The lowest BCUT2D eigenvalue weighted by Crippen LogP contribution is -2.42. The molecule has 30 heavy (non-hydrogen) atoms.